The molecule has 0 bridgehead atoms. The zero-order chi connectivity index (χ0) is 12.8. The Balaban J connectivity index is 2.46. The van der Waals surface area contributed by atoms with Crippen LogP contribution in [0.5, 0.6) is 0 Å². The van der Waals surface area contributed by atoms with Gasteiger partial charge in [0.15, 0.2) is 5.78 Å². The lowest BCUT2D eigenvalue weighted by Crippen LogP contribution is -2.32. The van der Waals surface area contributed by atoms with E-state index in [1.807, 2.05) is 45.0 Å². The number of benzene rings is 1. The van der Waals surface area contributed by atoms with Crippen molar-refractivity contribution in [2.24, 2.45) is 5.92 Å². The number of hydrogen-bond donors (Lipinski definition) is 1. The summed E-state index contributed by atoms with van der Waals surface area (Å²) < 4.78 is 0. The standard InChI is InChI=1S/C14H19NO2/c1-10(2)13(16)9-15-14(17)8-12-7-5-4-6-11(12)3/h4-7,10H,8-9H2,1-3H3,(H,15,17). The lowest BCUT2D eigenvalue weighted by Gasteiger charge is -2.08. The molecule has 0 heterocycles. The van der Waals surface area contributed by atoms with Gasteiger partial charge in [0.05, 0.1) is 13.0 Å². The largest absolute Gasteiger partial charge is 0.349 e. The van der Waals surface area contributed by atoms with Crippen LogP contribution in [-0.2, 0) is 16.0 Å². The number of carbonyl (C=O) groups is 2. The van der Waals surface area contributed by atoms with Crippen molar-refractivity contribution in [3.63, 3.8) is 0 Å². The molecule has 0 atom stereocenters. The third-order valence-electron chi connectivity index (χ3n) is 2.72. The fourth-order valence-electron chi connectivity index (χ4n) is 1.43. The Morgan fingerprint density at radius 1 is 1.24 bits per heavy atom. The molecule has 1 N–H and O–H groups in total. The molecule has 1 aromatic carbocycles. The molecule has 0 aliphatic rings. The van der Waals surface area contributed by atoms with Crippen LogP contribution < -0.4 is 5.32 Å². The normalized spacial score (nSPS) is 10.4. The van der Waals surface area contributed by atoms with Crippen molar-refractivity contribution in [3.05, 3.63) is 35.4 Å². The predicted molar refractivity (Wildman–Crippen MR) is 67.7 cm³/mol. The fraction of sp³-hybridized carbons (Fsp3) is 0.429. The highest BCUT2D eigenvalue weighted by atomic mass is 16.2. The van der Waals surface area contributed by atoms with Crippen molar-refractivity contribution in [1.29, 1.82) is 0 Å². The Hall–Kier alpha value is -1.64. The quantitative estimate of drug-likeness (QED) is 0.844. The van der Waals surface area contributed by atoms with Crippen LogP contribution in [0.15, 0.2) is 24.3 Å². The molecule has 17 heavy (non-hydrogen) atoms. The van der Waals surface area contributed by atoms with Crippen molar-refractivity contribution in [2.45, 2.75) is 27.2 Å². The van der Waals surface area contributed by atoms with E-state index in [9.17, 15) is 9.59 Å². The Kier molecular flexibility index (Phi) is 4.88. The van der Waals surface area contributed by atoms with Gasteiger partial charge in [-0.15, -0.1) is 0 Å². The first-order chi connectivity index (χ1) is 8.00. The van der Waals surface area contributed by atoms with Crippen molar-refractivity contribution in [1.82, 2.24) is 5.32 Å². The van der Waals surface area contributed by atoms with E-state index in [4.69, 9.17) is 0 Å². The molecule has 92 valence electrons. The summed E-state index contributed by atoms with van der Waals surface area (Å²) in [7, 11) is 0. The van der Waals surface area contributed by atoms with E-state index < -0.39 is 0 Å². The molecule has 0 aromatic heterocycles. The Morgan fingerprint density at radius 3 is 2.47 bits per heavy atom. The second-order valence-corrected chi connectivity index (χ2v) is 4.50. The summed E-state index contributed by atoms with van der Waals surface area (Å²) in [5.41, 5.74) is 2.10. The van der Waals surface area contributed by atoms with Gasteiger partial charge in [-0.25, -0.2) is 0 Å². The molecule has 0 aliphatic carbocycles. The molecule has 0 saturated carbocycles. The van der Waals surface area contributed by atoms with Crippen LogP contribution in [0.4, 0.5) is 0 Å². The van der Waals surface area contributed by atoms with E-state index >= 15 is 0 Å². The summed E-state index contributed by atoms with van der Waals surface area (Å²) >= 11 is 0. The maximum Gasteiger partial charge on any atom is 0.224 e. The van der Waals surface area contributed by atoms with Gasteiger partial charge in [0.25, 0.3) is 0 Å². The van der Waals surface area contributed by atoms with Crippen LogP contribution in [0.2, 0.25) is 0 Å². The molecule has 0 radical (unpaired) electrons. The van der Waals surface area contributed by atoms with Crippen LogP contribution in [0.25, 0.3) is 0 Å². The van der Waals surface area contributed by atoms with Gasteiger partial charge in [0.2, 0.25) is 5.91 Å². The van der Waals surface area contributed by atoms with Gasteiger partial charge in [0.1, 0.15) is 0 Å². The second-order valence-electron chi connectivity index (χ2n) is 4.50. The van der Waals surface area contributed by atoms with Gasteiger partial charge in [-0.1, -0.05) is 38.1 Å². The van der Waals surface area contributed by atoms with Crippen molar-refractivity contribution in [2.75, 3.05) is 6.54 Å². The van der Waals surface area contributed by atoms with Crippen molar-refractivity contribution < 1.29 is 9.59 Å². The lowest BCUT2D eigenvalue weighted by atomic mass is 10.1. The maximum absolute atomic E-state index is 11.6. The minimum Gasteiger partial charge on any atom is -0.349 e. The predicted octanol–water partition coefficient (Wildman–Crippen LogP) is 1.88. The number of ketones is 1. The molecule has 3 nitrogen and oxygen atoms in total. The first-order valence-corrected chi connectivity index (χ1v) is 5.84. The van der Waals surface area contributed by atoms with Crippen molar-refractivity contribution in [3.8, 4) is 0 Å². The summed E-state index contributed by atoms with van der Waals surface area (Å²) in [5, 5.41) is 2.65. The van der Waals surface area contributed by atoms with Gasteiger partial charge in [-0.05, 0) is 18.1 Å². The number of hydrogen-bond acceptors (Lipinski definition) is 2. The third-order valence-corrected chi connectivity index (χ3v) is 2.72. The maximum atomic E-state index is 11.6. The van der Waals surface area contributed by atoms with E-state index in [0.29, 0.717) is 6.42 Å². The minimum absolute atomic E-state index is 0.0336. The van der Waals surface area contributed by atoms with Crippen LogP contribution in [-0.4, -0.2) is 18.2 Å². The molecule has 0 fully saturated rings. The number of carbonyl (C=O) groups excluding carboxylic acids is 2. The highest BCUT2D eigenvalue weighted by Crippen LogP contribution is 2.07. The molecular weight excluding hydrogens is 214 g/mol. The molecule has 3 heteroatoms. The van der Waals surface area contributed by atoms with Gasteiger partial charge in [-0.2, -0.15) is 0 Å². The fourth-order valence-corrected chi connectivity index (χ4v) is 1.43. The van der Waals surface area contributed by atoms with Gasteiger partial charge < -0.3 is 5.32 Å². The van der Waals surface area contributed by atoms with Crippen LogP contribution >= 0.6 is 0 Å². The summed E-state index contributed by atoms with van der Waals surface area (Å²) in [5.74, 6) is -0.0785. The van der Waals surface area contributed by atoms with E-state index in [0.717, 1.165) is 11.1 Å². The molecule has 1 amide bonds. The first-order valence-electron chi connectivity index (χ1n) is 5.84. The van der Waals surface area contributed by atoms with Gasteiger partial charge in [0, 0.05) is 5.92 Å². The number of aryl methyl sites for hydroxylation is 1. The second kappa shape index (κ2) is 6.18. The Labute approximate surface area is 102 Å². The van der Waals surface area contributed by atoms with E-state index in [2.05, 4.69) is 5.32 Å². The highest BCUT2D eigenvalue weighted by Gasteiger charge is 2.10. The monoisotopic (exact) mass is 233 g/mol. The number of rotatable bonds is 5. The third kappa shape index (κ3) is 4.39. The molecule has 0 unspecified atom stereocenters. The molecule has 0 aliphatic heterocycles. The number of nitrogens with one attached hydrogen (secondary N) is 1. The van der Waals surface area contributed by atoms with E-state index in [1.165, 1.54) is 0 Å². The molecule has 1 rings (SSSR count). The first kappa shape index (κ1) is 13.4. The molecule has 0 saturated heterocycles. The summed E-state index contributed by atoms with van der Waals surface area (Å²) in [6.07, 6.45) is 0.331. The zero-order valence-electron chi connectivity index (χ0n) is 10.6. The van der Waals surface area contributed by atoms with Crippen LogP contribution in [0.3, 0.4) is 0 Å². The topological polar surface area (TPSA) is 46.2 Å². The summed E-state index contributed by atoms with van der Waals surface area (Å²) in [6, 6.07) is 7.76. The average Bonchev–Trinajstić information content (AvgIpc) is 2.29. The van der Waals surface area contributed by atoms with Crippen LogP contribution in [0, 0.1) is 12.8 Å². The smallest absolute Gasteiger partial charge is 0.224 e. The van der Waals surface area contributed by atoms with Gasteiger partial charge >= 0.3 is 0 Å². The SMILES string of the molecule is Cc1ccccc1CC(=O)NCC(=O)C(C)C. The number of Topliss-reactive ketones (excluding diaryl/α,β-unsaturated/α-hetero) is 1. The highest BCUT2D eigenvalue weighted by molar-refractivity contribution is 5.87. The molecular formula is C14H19NO2. The Morgan fingerprint density at radius 2 is 1.88 bits per heavy atom. The average molecular weight is 233 g/mol. The lowest BCUT2D eigenvalue weighted by molar-refractivity contribution is -0.126. The van der Waals surface area contributed by atoms with Crippen LogP contribution in [0.1, 0.15) is 25.0 Å². The molecule has 0 spiro atoms. The van der Waals surface area contributed by atoms with Crippen molar-refractivity contribution >= 4 is 11.7 Å². The number of amides is 1. The summed E-state index contributed by atoms with van der Waals surface area (Å²) in [4.78, 5) is 23.0. The molecule has 1 aromatic rings. The van der Waals surface area contributed by atoms with Gasteiger partial charge in [-0.3, -0.25) is 9.59 Å². The van der Waals surface area contributed by atoms with E-state index in [-0.39, 0.29) is 24.2 Å². The zero-order valence-corrected chi connectivity index (χ0v) is 10.6. The Bertz CT molecular complexity index is 410. The minimum atomic E-state index is -0.103. The van der Waals surface area contributed by atoms with E-state index in [1.54, 1.807) is 0 Å². The summed E-state index contributed by atoms with van der Waals surface area (Å²) in [6.45, 7) is 5.76.